The second kappa shape index (κ2) is 7.31. The lowest BCUT2D eigenvalue weighted by molar-refractivity contribution is -0.385. The molecule has 0 aromatic heterocycles. The topological polar surface area (TPSA) is 113 Å². The number of ketones is 1. The zero-order valence-corrected chi connectivity index (χ0v) is 13.0. The molecule has 2 aromatic rings. The fraction of sp³-hybridized carbons (Fsp3) is 0.118. The van der Waals surface area contributed by atoms with Crippen molar-refractivity contribution < 1.29 is 18.9 Å². The van der Waals surface area contributed by atoms with Crippen LogP contribution in [0.25, 0.3) is 0 Å². The van der Waals surface area contributed by atoms with Crippen LogP contribution in [0.4, 0.5) is 15.8 Å². The van der Waals surface area contributed by atoms with Crippen LogP contribution in [-0.2, 0) is 4.79 Å². The smallest absolute Gasteiger partial charge is 0.280 e. The van der Waals surface area contributed by atoms with E-state index in [2.05, 4.69) is 5.32 Å². The highest BCUT2D eigenvalue weighted by atomic mass is 19.1. The number of rotatable bonds is 5. The van der Waals surface area contributed by atoms with E-state index in [4.69, 9.17) is 5.26 Å². The first-order valence-corrected chi connectivity index (χ1v) is 7.09. The number of amides is 1. The first kappa shape index (κ1) is 17.7. The Hall–Kier alpha value is -3.60. The number of nitrogens with one attached hydrogen (secondary N) is 1. The number of nitriles is 1. The number of benzene rings is 2. The number of Topliss-reactive ketones (excluding diaryl/α,β-unsaturated/α-hetero) is 1. The van der Waals surface area contributed by atoms with Gasteiger partial charge in [0.15, 0.2) is 11.7 Å². The highest BCUT2D eigenvalue weighted by molar-refractivity contribution is 6.16. The van der Waals surface area contributed by atoms with Crippen LogP contribution in [0.15, 0.2) is 42.5 Å². The Morgan fingerprint density at radius 1 is 1.28 bits per heavy atom. The molecular weight excluding hydrogens is 329 g/mol. The van der Waals surface area contributed by atoms with Crippen LogP contribution in [0, 0.1) is 40.1 Å². The van der Waals surface area contributed by atoms with E-state index >= 15 is 0 Å². The maximum Gasteiger partial charge on any atom is 0.280 e. The molecule has 7 nitrogen and oxygen atoms in total. The number of hydrogen-bond acceptors (Lipinski definition) is 5. The quantitative estimate of drug-likeness (QED) is 0.389. The summed E-state index contributed by atoms with van der Waals surface area (Å²) >= 11 is 0. The molecule has 0 aliphatic carbocycles. The molecule has 0 spiro atoms. The van der Waals surface area contributed by atoms with Gasteiger partial charge in [0.2, 0.25) is 5.91 Å². The summed E-state index contributed by atoms with van der Waals surface area (Å²) in [6.07, 6.45) is 0. The number of carbonyl (C=O) groups excluding carboxylic acids is 2. The Labute approximate surface area is 141 Å². The summed E-state index contributed by atoms with van der Waals surface area (Å²) in [6.45, 7) is 1.68. The first-order chi connectivity index (χ1) is 11.8. The van der Waals surface area contributed by atoms with Crippen molar-refractivity contribution in [2.75, 3.05) is 5.32 Å². The summed E-state index contributed by atoms with van der Waals surface area (Å²) in [4.78, 5) is 34.8. The highest BCUT2D eigenvalue weighted by Crippen LogP contribution is 2.23. The Morgan fingerprint density at radius 3 is 2.60 bits per heavy atom. The molecule has 0 aliphatic heterocycles. The summed E-state index contributed by atoms with van der Waals surface area (Å²) < 4.78 is 13.7. The average molecular weight is 341 g/mol. The molecule has 1 amide bonds. The standard InChI is InChI=1S/C17H12FN3O4/c1-10-6-7-13(18)14(8-10)20-17(23)12(9-19)16(22)11-4-2-3-5-15(11)21(24)25/h2-8,12H,1H3,(H,20,23)/t12-/m0/s1. The molecule has 0 saturated heterocycles. The molecule has 0 heterocycles. The van der Waals surface area contributed by atoms with Gasteiger partial charge in [-0.3, -0.25) is 19.7 Å². The number of carbonyl (C=O) groups is 2. The van der Waals surface area contributed by atoms with Crippen molar-refractivity contribution in [1.82, 2.24) is 0 Å². The summed E-state index contributed by atoms with van der Waals surface area (Å²) in [6, 6.07) is 10.5. The van der Waals surface area contributed by atoms with E-state index < -0.39 is 34.0 Å². The number of nitrogens with zero attached hydrogens (tertiary/aromatic N) is 2. The van der Waals surface area contributed by atoms with Gasteiger partial charge in [-0.25, -0.2) is 4.39 Å². The minimum absolute atomic E-state index is 0.180. The van der Waals surface area contributed by atoms with Gasteiger partial charge in [-0.05, 0) is 30.7 Å². The molecule has 0 fully saturated rings. The van der Waals surface area contributed by atoms with Gasteiger partial charge in [0.05, 0.1) is 22.2 Å². The van der Waals surface area contributed by atoms with Gasteiger partial charge in [0, 0.05) is 6.07 Å². The number of nitro groups is 1. The number of hydrogen-bond donors (Lipinski definition) is 1. The van der Waals surface area contributed by atoms with E-state index in [-0.39, 0.29) is 11.3 Å². The zero-order chi connectivity index (χ0) is 18.6. The van der Waals surface area contributed by atoms with Crippen LogP contribution in [0.5, 0.6) is 0 Å². The average Bonchev–Trinajstić information content (AvgIpc) is 2.58. The van der Waals surface area contributed by atoms with Gasteiger partial charge in [-0.1, -0.05) is 18.2 Å². The second-order valence-electron chi connectivity index (χ2n) is 5.17. The predicted molar refractivity (Wildman–Crippen MR) is 86.3 cm³/mol. The minimum Gasteiger partial charge on any atom is -0.322 e. The Bertz CT molecular complexity index is 905. The monoisotopic (exact) mass is 341 g/mol. The maximum atomic E-state index is 13.7. The van der Waals surface area contributed by atoms with Crippen molar-refractivity contribution >= 4 is 23.1 Å². The first-order valence-electron chi connectivity index (χ1n) is 7.09. The molecule has 8 heteroatoms. The number of aryl methyl sites for hydroxylation is 1. The van der Waals surface area contributed by atoms with Crippen molar-refractivity contribution in [3.05, 3.63) is 69.5 Å². The summed E-state index contributed by atoms with van der Waals surface area (Å²) in [7, 11) is 0. The van der Waals surface area contributed by atoms with Crippen LogP contribution < -0.4 is 5.32 Å². The van der Waals surface area contributed by atoms with Gasteiger partial charge in [-0.2, -0.15) is 5.26 Å². The van der Waals surface area contributed by atoms with Crippen LogP contribution in [0.2, 0.25) is 0 Å². The Balaban J connectivity index is 2.32. The third-order valence-corrected chi connectivity index (χ3v) is 3.40. The van der Waals surface area contributed by atoms with E-state index in [1.54, 1.807) is 6.92 Å². The van der Waals surface area contributed by atoms with E-state index in [1.165, 1.54) is 30.3 Å². The second-order valence-corrected chi connectivity index (χ2v) is 5.17. The van der Waals surface area contributed by atoms with Gasteiger partial charge in [0.25, 0.3) is 5.69 Å². The number of halogens is 1. The van der Waals surface area contributed by atoms with E-state index in [0.29, 0.717) is 5.56 Å². The maximum absolute atomic E-state index is 13.7. The van der Waals surface area contributed by atoms with Crippen molar-refractivity contribution in [1.29, 1.82) is 5.26 Å². The lowest BCUT2D eigenvalue weighted by Crippen LogP contribution is -2.29. The van der Waals surface area contributed by atoms with Crippen LogP contribution in [0.1, 0.15) is 15.9 Å². The molecule has 1 atom stereocenters. The van der Waals surface area contributed by atoms with Crippen LogP contribution >= 0.6 is 0 Å². The molecule has 2 aromatic carbocycles. The molecule has 2 rings (SSSR count). The normalized spacial score (nSPS) is 11.2. The predicted octanol–water partition coefficient (Wildman–Crippen LogP) is 3.00. The number of para-hydroxylation sites is 1. The molecule has 0 radical (unpaired) electrons. The molecule has 0 unspecified atom stereocenters. The number of nitro benzene ring substituents is 1. The third kappa shape index (κ3) is 3.84. The van der Waals surface area contributed by atoms with Crippen molar-refractivity contribution in [2.24, 2.45) is 5.92 Å². The van der Waals surface area contributed by atoms with E-state index in [1.807, 2.05) is 0 Å². The van der Waals surface area contributed by atoms with Crippen molar-refractivity contribution in [3.8, 4) is 6.07 Å². The lowest BCUT2D eigenvalue weighted by atomic mass is 9.96. The van der Waals surface area contributed by atoms with Gasteiger partial charge in [-0.15, -0.1) is 0 Å². The molecule has 0 saturated carbocycles. The molecule has 1 N–H and O–H groups in total. The van der Waals surface area contributed by atoms with Crippen LogP contribution in [0.3, 0.4) is 0 Å². The lowest BCUT2D eigenvalue weighted by Gasteiger charge is -2.11. The van der Waals surface area contributed by atoms with Crippen molar-refractivity contribution in [2.45, 2.75) is 6.92 Å². The molecule has 25 heavy (non-hydrogen) atoms. The zero-order valence-electron chi connectivity index (χ0n) is 13.0. The molecule has 126 valence electrons. The van der Waals surface area contributed by atoms with E-state index in [9.17, 15) is 24.1 Å². The Kier molecular flexibility index (Phi) is 5.19. The fourth-order valence-electron chi connectivity index (χ4n) is 2.17. The van der Waals surface area contributed by atoms with Gasteiger partial charge >= 0.3 is 0 Å². The molecular formula is C17H12FN3O4. The Morgan fingerprint density at radius 2 is 1.96 bits per heavy atom. The third-order valence-electron chi connectivity index (χ3n) is 3.40. The highest BCUT2D eigenvalue weighted by Gasteiger charge is 2.32. The summed E-state index contributed by atoms with van der Waals surface area (Å²) in [5, 5.41) is 22.3. The van der Waals surface area contributed by atoms with Gasteiger partial charge in [0.1, 0.15) is 5.82 Å². The minimum atomic E-state index is -1.85. The SMILES string of the molecule is Cc1ccc(F)c(NC(=O)[C@@H](C#N)C(=O)c2ccccc2[N+](=O)[O-])c1. The van der Waals surface area contributed by atoms with Crippen LogP contribution in [-0.4, -0.2) is 16.6 Å². The van der Waals surface area contributed by atoms with E-state index in [0.717, 1.165) is 18.2 Å². The summed E-state index contributed by atoms with van der Waals surface area (Å²) in [5.74, 6) is -4.66. The largest absolute Gasteiger partial charge is 0.322 e. The fourth-order valence-corrected chi connectivity index (χ4v) is 2.17. The van der Waals surface area contributed by atoms with Gasteiger partial charge < -0.3 is 5.32 Å². The van der Waals surface area contributed by atoms with Crippen molar-refractivity contribution in [3.63, 3.8) is 0 Å². The molecule has 0 aliphatic rings. The number of anilines is 1. The molecule has 0 bridgehead atoms. The summed E-state index contributed by atoms with van der Waals surface area (Å²) in [5.41, 5.74) is -0.392.